The number of ether oxygens (including phenoxy) is 2. The zero-order chi connectivity index (χ0) is 37.3. The van der Waals surface area contributed by atoms with Gasteiger partial charge < -0.3 is 29.5 Å². The van der Waals surface area contributed by atoms with Crippen molar-refractivity contribution >= 4 is 19.8 Å². The second-order valence-electron chi connectivity index (χ2n) is 14.4. The van der Waals surface area contributed by atoms with Gasteiger partial charge in [-0.1, -0.05) is 148 Å². The highest BCUT2D eigenvalue weighted by Crippen LogP contribution is 2.36. The first-order chi connectivity index (χ1) is 23.9. The van der Waals surface area contributed by atoms with Crippen LogP contribution in [0.15, 0.2) is 12.2 Å². The van der Waals surface area contributed by atoms with E-state index in [1.807, 2.05) is 6.08 Å². The molecule has 0 heterocycles. The number of aliphatic hydroxyl groups excluding tert-OH is 2. The minimum absolute atomic E-state index is 0.171. The second-order valence-corrected chi connectivity index (χ2v) is 15.6. The van der Waals surface area contributed by atoms with Crippen LogP contribution in [-0.4, -0.2) is 63.5 Å². The Hall–Kier alpha value is -1.29. The molecule has 0 aromatic rings. The van der Waals surface area contributed by atoms with Gasteiger partial charge in [0.1, 0.15) is 6.61 Å². The van der Waals surface area contributed by atoms with E-state index >= 15 is 0 Å². The molecular weight excluding hydrogens is 659 g/mol. The summed E-state index contributed by atoms with van der Waals surface area (Å²) in [6.45, 7) is 5.82. The fourth-order valence-electron chi connectivity index (χ4n) is 5.76. The molecule has 0 aliphatic carbocycles. The number of rotatable bonds is 36. The number of phosphoric ester groups is 1. The van der Waals surface area contributed by atoms with Crippen molar-refractivity contribution < 1.29 is 48.2 Å². The number of hydrogen-bond donors (Lipinski definition) is 4. The first kappa shape index (κ1) is 48.7. The third-order valence-corrected chi connectivity index (χ3v) is 9.40. The number of allylic oxidation sites excluding steroid dienone is 1. The highest BCUT2D eigenvalue weighted by Gasteiger charge is 2.23. The maximum absolute atomic E-state index is 12.4. The van der Waals surface area contributed by atoms with E-state index in [4.69, 9.17) is 19.3 Å². The number of aliphatic hydroxyl groups is 2. The molecule has 0 spiro atoms. The third-order valence-electron chi connectivity index (χ3n) is 8.91. The molecule has 0 unspecified atom stereocenters. The van der Waals surface area contributed by atoms with Gasteiger partial charge in [0.25, 0.3) is 0 Å². The van der Waals surface area contributed by atoms with Gasteiger partial charge in [-0.3, -0.25) is 14.1 Å². The first-order valence-corrected chi connectivity index (χ1v) is 21.5. The van der Waals surface area contributed by atoms with E-state index in [-0.39, 0.29) is 19.4 Å². The molecule has 0 bridgehead atoms. The summed E-state index contributed by atoms with van der Waals surface area (Å²) in [5.74, 6) is -0.184. The average Bonchev–Trinajstić information content (AvgIpc) is 3.06. The highest BCUT2D eigenvalue weighted by atomic mass is 31.2. The van der Waals surface area contributed by atoms with Gasteiger partial charge in [0.15, 0.2) is 6.10 Å². The lowest BCUT2D eigenvalue weighted by atomic mass is 10.0. The Morgan fingerprint density at radius 1 is 0.620 bits per heavy atom. The molecule has 0 amide bonds. The molecule has 0 aliphatic heterocycles. The maximum atomic E-state index is 12.4. The van der Waals surface area contributed by atoms with Crippen molar-refractivity contribution in [3.05, 3.63) is 12.2 Å². The van der Waals surface area contributed by atoms with E-state index in [2.05, 4.69) is 31.4 Å². The van der Waals surface area contributed by atoms with Gasteiger partial charge in [0.2, 0.25) is 0 Å². The molecule has 0 radical (unpaired) electrons. The largest absolute Gasteiger partial charge is 0.469 e. The monoisotopic (exact) mass is 735 g/mol. The Bertz CT molecular complexity index is 875. The van der Waals surface area contributed by atoms with Crippen molar-refractivity contribution in [1.82, 2.24) is 0 Å². The van der Waals surface area contributed by atoms with Crippen molar-refractivity contribution in [2.75, 3.05) is 13.2 Å². The van der Waals surface area contributed by atoms with Gasteiger partial charge in [0, 0.05) is 12.8 Å². The number of carbonyl (C=O) groups is 2. The molecule has 0 fully saturated rings. The van der Waals surface area contributed by atoms with Crippen molar-refractivity contribution in [3.8, 4) is 0 Å². The SMILES string of the molecule is CCCCC/C=C\C[C@@H](O)[C@H](O)CCCCCCCC(=O)OC[C@H](COP(=O)(O)O)OC(=O)CCCCCCCCCCCCCCC(C)C. The van der Waals surface area contributed by atoms with E-state index in [1.54, 1.807) is 0 Å². The summed E-state index contributed by atoms with van der Waals surface area (Å²) in [6.07, 6.45) is 26.8. The van der Waals surface area contributed by atoms with Gasteiger partial charge in [0.05, 0.1) is 18.8 Å². The quantitative estimate of drug-likeness (QED) is 0.0211. The standard InChI is InChI=1S/C39H75O10P/c1-4-5-6-7-18-23-28-36(40)37(41)29-24-19-16-21-25-30-38(42)47-32-35(33-48-50(44,45)46)49-39(43)31-26-20-15-13-11-9-8-10-12-14-17-22-27-34(2)3/h18,23,34-37,40-41H,4-17,19-22,24-33H2,1-3H3,(H2,44,45,46)/b23-18-/t35-,36-,37-/m1/s1. The van der Waals surface area contributed by atoms with E-state index in [9.17, 15) is 24.4 Å². The maximum Gasteiger partial charge on any atom is 0.469 e. The third kappa shape index (κ3) is 35.1. The van der Waals surface area contributed by atoms with Gasteiger partial charge in [-0.2, -0.15) is 0 Å². The molecule has 0 rings (SSSR count). The fourth-order valence-corrected chi connectivity index (χ4v) is 6.12. The normalized spacial score (nSPS) is 13.9. The van der Waals surface area contributed by atoms with E-state index in [0.29, 0.717) is 25.7 Å². The van der Waals surface area contributed by atoms with Gasteiger partial charge >= 0.3 is 19.8 Å². The molecule has 10 nitrogen and oxygen atoms in total. The van der Waals surface area contributed by atoms with Gasteiger partial charge in [-0.05, 0) is 44.4 Å². The van der Waals surface area contributed by atoms with Crippen LogP contribution in [0, 0.1) is 5.92 Å². The zero-order valence-corrected chi connectivity index (χ0v) is 32.8. The number of carbonyl (C=O) groups excluding carboxylic acids is 2. The van der Waals surface area contributed by atoms with Crippen LogP contribution in [0.5, 0.6) is 0 Å². The van der Waals surface area contributed by atoms with Crippen LogP contribution in [0.25, 0.3) is 0 Å². The van der Waals surface area contributed by atoms with Crippen LogP contribution in [0.2, 0.25) is 0 Å². The summed E-state index contributed by atoms with van der Waals surface area (Å²) >= 11 is 0. The number of phosphoric acid groups is 1. The summed E-state index contributed by atoms with van der Waals surface area (Å²) in [4.78, 5) is 42.8. The van der Waals surface area contributed by atoms with Crippen LogP contribution in [0.3, 0.4) is 0 Å². The molecule has 50 heavy (non-hydrogen) atoms. The topological polar surface area (TPSA) is 160 Å². The summed E-state index contributed by atoms with van der Waals surface area (Å²) < 4.78 is 26.3. The van der Waals surface area contributed by atoms with Gasteiger partial charge in [-0.15, -0.1) is 0 Å². The average molecular weight is 735 g/mol. The lowest BCUT2D eigenvalue weighted by molar-refractivity contribution is -0.161. The van der Waals surface area contributed by atoms with Crippen molar-refractivity contribution in [1.29, 1.82) is 0 Å². The van der Waals surface area contributed by atoms with Crippen LogP contribution >= 0.6 is 7.82 Å². The number of unbranched alkanes of at least 4 members (excludes halogenated alkanes) is 18. The molecule has 0 saturated heterocycles. The Morgan fingerprint density at radius 3 is 1.64 bits per heavy atom. The van der Waals surface area contributed by atoms with Gasteiger partial charge in [-0.25, -0.2) is 4.57 Å². The predicted molar refractivity (Wildman–Crippen MR) is 201 cm³/mol. The molecule has 0 aliphatic rings. The smallest absolute Gasteiger partial charge is 0.462 e. The summed E-state index contributed by atoms with van der Waals surface area (Å²) in [5, 5.41) is 20.3. The summed E-state index contributed by atoms with van der Waals surface area (Å²) in [6, 6.07) is 0. The van der Waals surface area contributed by atoms with Crippen molar-refractivity contribution in [2.45, 2.75) is 206 Å². The first-order valence-electron chi connectivity index (χ1n) is 20.0. The molecule has 0 aromatic heterocycles. The van der Waals surface area contributed by atoms with Crippen LogP contribution in [0.4, 0.5) is 0 Å². The number of esters is 2. The molecule has 4 N–H and O–H groups in total. The lowest BCUT2D eigenvalue weighted by Crippen LogP contribution is -2.29. The Labute approximate surface area is 304 Å². The highest BCUT2D eigenvalue weighted by molar-refractivity contribution is 7.46. The second kappa shape index (κ2) is 33.5. The number of hydrogen-bond acceptors (Lipinski definition) is 8. The van der Waals surface area contributed by atoms with Crippen LogP contribution in [0.1, 0.15) is 188 Å². The molecule has 0 saturated carbocycles. The predicted octanol–water partition coefficient (Wildman–Crippen LogP) is 9.65. The Morgan fingerprint density at radius 2 is 1.12 bits per heavy atom. The summed E-state index contributed by atoms with van der Waals surface area (Å²) in [7, 11) is -4.78. The van der Waals surface area contributed by atoms with Crippen molar-refractivity contribution in [3.63, 3.8) is 0 Å². The zero-order valence-electron chi connectivity index (χ0n) is 31.9. The van der Waals surface area contributed by atoms with Crippen molar-refractivity contribution in [2.24, 2.45) is 5.92 Å². The molecule has 296 valence electrons. The molecular formula is C39H75O10P. The fraction of sp³-hybridized carbons (Fsp3) is 0.897. The summed E-state index contributed by atoms with van der Waals surface area (Å²) in [5.41, 5.74) is 0. The van der Waals surface area contributed by atoms with Crippen LogP contribution in [-0.2, 0) is 28.2 Å². The molecule has 11 heteroatoms. The lowest BCUT2D eigenvalue weighted by Gasteiger charge is -2.18. The Balaban J connectivity index is 4.05. The van der Waals surface area contributed by atoms with E-state index in [1.165, 1.54) is 70.6 Å². The van der Waals surface area contributed by atoms with Crippen LogP contribution < -0.4 is 0 Å². The molecule has 3 atom stereocenters. The Kier molecular flexibility index (Phi) is 32.7. The minimum Gasteiger partial charge on any atom is -0.462 e. The van der Waals surface area contributed by atoms with E-state index < -0.39 is 44.7 Å². The minimum atomic E-state index is -4.78. The molecule has 0 aromatic carbocycles. The van der Waals surface area contributed by atoms with E-state index in [0.717, 1.165) is 63.7 Å².